The van der Waals surface area contributed by atoms with Gasteiger partial charge in [0.05, 0.1) is 6.61 Å². The second kappa shape index (κ2) is 6.77. The molecular formula is C19H23NO. The molecule has 0 bridgehead atoms. The van der Waals surface area contributed by atoms with E-state index in [9.17, 15) is 0 Å². The fourth-order valence-corrected chi connectivity index (χ4v) is 3.12. The SMILES string of the molecule is CCOc1cccc(CN[C@@H]2CCCc3ccccc32)c1. The van der Waals surface area contributed by atoms with E-state index >= 15 is 0 Å². The Balaban J connectivity index is 1.67. The van der Waals surface area contributed by atoms with Gasteiger partial charge in [-0.3, -0.25) is 0 Å². The van der Waals surface area contributed by atoms with Crippen molar-refractivity contribution in [3.8, 4) is 5.75 Å². The van der Waals surface area contributed by atoms with Gasteiger partial charge in [0.25, 0.3) is 0 Å². The summed E-state index contributed by atoms with van der Waals surface area (Å²) >= 11 is 0. The largest absolute Gasteiger partial charge is 0.494 e. The Bertz CT molecular complexity index is 594. The van der Waals surface area contributed by atoms with Crippen LogP contribution < -0.4 is 10.1 Å². The minimum absolute atomic E-state index is 0.477. The highest BCUT2D eigenvalue weighted by Crippen LogP contribution is 2.29. The Morgan fingerprint density at radius 3 is 2.95 bits per heavy atom. The van der Waals surface area contributed by atoms with Gasteiger partial charge in [-0.25, -0.2) is 0 Å². The van der Waals surface area contributed by atoms with Gasteiger partial charge >= 0.3 is 0 Å². The lowest BCUT2D eigenvalue weighted by molar-refractivity contribution is 0.339. The van der Waals surface area contributed by atoms with Crippen molar-refractivity contribution < 1.29 is 4.74 Å². The van der Waals surface area contributed by atoms with E-state index < -0.39 is 0 Å². The van der Waals surface area contributed by atoms with Gasteiger partial charge in [-0.2, -0.15) is 0 Å². The Labute approximate surface area is 127 Å². The van der Waals surface area contributed by atoms with Crippen molar-refractivity contribution in [1.82, 2.24) is 5.32 Å². The molecule has 1 atom stereocenters. The summed E-state index contributed by atoms with van der Waals surface area (Å²) < 4.78 is 5.57. The van der Waals surface area contributed by atoms with E-state index in [2.05, 4.69) is 47.8 Å². The first kappa shape index (κ1) is 14.2. The summed E-state index contributed by atoms with van der Waals surface area (Å²) in [5.41, 5.74) is 4.26. The first-order chi connectivity index (χ1) is 10.4. The molecule has 0 amide bonds. The molecule has 0 unspecified atom stereocenters. The first-order valence-electron chi connectivity index (χ1n) is 7.89. The molecule has 1 N–H and O–H groups in total. The average Bonchev–Trinajstić information content (AvgIpc) is 2.53. The number of benzene rings is 2. The number of hydrogen-bond donors (Lipinski definition) is 1. The van der Waals surface area contributed by atoms with Crippen LogP contribution in [0, 0.1) is 0 Å². The molecule has 0 aliphatic heterocycles. The van der Waals surface area contributed by atoms with E-state index in [0.29, 0.717) is 12.6 Å². The van der Waals surface area contributed by atoms with E-state index in [1.807, 2.05) is 13.0 Å². The maximum atomic E-state index is 5.57. The Kier molecular flexibility index (Phi) is 4.56. The summed E-state index contributed by atoms with van der Waals surface area (Å²) in [5, 5.41) is 3.71. The molecule has 0 saturated heterocycles. The lowest BCUT2D eigenvalue weighted by Gasteiger charge is -2.26. The van der Waals surface area contributed by atoms with Crippen molar-refractivity contribution in [2.24, 2.45) is 0 Å². The molecule has 0 radical (unpaired) electrons. The summed E-state index contributed by atoms with van der Waals surface area (Å²) in [6.07, 6.45) is 3.71. The Morgan fingerprint density at radius 1 is 1.14 bits per heavy atom. The van der Waals surface area contributed by atoms with E-state index in [0.717, 1.165) is 12.3 Å². The maximum Gasteiger partial charge on any atom is 0.119 e. The van der Waals surface area contributed by atoms with Crippen LogP contribution in [0.1, 0.15) is 42.5 Å². The van der Waals surface area contributed by atoms with Crippen molar-refractivity contribution >= 4 is 0 Å². The number of aryl methyl sites for hydroxylation is 1. The zero-order valence-corrected chi connectivity index (χ0v) is 12.6. The van der Waals surface area contributed by atoms with E-state index in [-0.39, 0.29) is 0 Å². The average molecular weight is 281 g/mol. The third-order valence-corrected chi connectivity index (χ3v) is 4.13. The van der Waals surface area contributed by atoms with Gasteiger partial charge in [0.1, 0.15) is 5.75 Å². The molecule has 0 aromatic heterocycles. The fourth-order valence-electron chi connectivity index (χ4n) is 3.12. The smallest absolute Gasteiger partial charge is 0.119 e. The molecule has 2 aromatic rings. The highest BCUT2D eigenvalue weighted by Gasteiger charge is 2.18. The highest BCUT2D eigenvalue weighted by atomic mass is 16.5. The van der Waals surface area contributed by atoms with Crippen LogP contribution in [0.2, 0.25) is 0 Å². The first-order valence-corrected chi connectivity index (χ1v) is 7.89. The fraction of sp³-hybridized carbons (Fsp3) is 0.368. The van der Waals surface area contributed by atoms with Gasteiger partial charge in [-0.15, -0.1) is 0 Å². The molecule has 110 valence electrons. The van der Waals surface area contributed by atoms with Crippen LogP contribution in [0.25, 0.3) is 0 Å². The lowest BCUT2D eigenvalue weighted by atomic mass is 9.87. The molecule has 0 fully saturated rings. The summed E-state index contributed by atoms with van der Waals surface area (Å²) in [6, 6.07) is 17.7. The maximum absolute atomic E-state index is 5.57. The second-order valence-corrected chi connectivity index (χ2v) is 5.60. The molecule has 0 spiro atoms. The zero-order chi connectivity index (χ0) is 14.5. The minimum atomic E-state index is 0.477. The third kappa shape index (κ3) is 3.45. The molecule has 0 saturated carbocycles. The van der Waals surface area contributed by atoms with Crippen molar-refractivity contribution in [1.29, 1.82) is 0 Å². The van der Waals surface area contributed by atoms with Gasteiger partial charge in [-0.05, 0) is 55.0 Å². The summed E-state index contributed by atoms with van der Waals surface area (Å²) in [5.74, 6) is 0.959. The second-order valence-electron chi connectivity index (χ2n) is 5.60. The predicted molar refractivity (Wildman–Crippen MR) is 86.6 cm³/mol. The molecule has 1 aliphatic rings. The van der Waals surface area contributed by atoms with Crippen molar-refractivity contribution in [2.75, 3.05) is 6.61 Å². The van der Waals surface area contributed by atoms with E-state index in [1.165, 1.54) is 36.0 Å². The van der Waals surface area contributed by atoms with Gasteiger partial charge in [-0.1, -0.05) is 36.4 Å². The number of ether oxygens (including phenoxy) is 1. The summed E-state index contributed by atoms with van der Waals surface area (Å²) in [4.78, 5) is 0. The van der Waals surface area contributed by atoms with E-state index in [1.54, 1.807) is 0 Å². The lowest BCUT2D eigenvalue weighted by Crippen LogP contribution is -2.24. The topological polar surface area (TPSA) is 21.3 Å². The van der Waals surface area contributed by atoms with Crippen molar-refractivity contribution in [3.05, 3.63) is 65.2 Å². The van der Waals surface area contributed by atoms with Crippen molar-refractivity contribution in [2.45, 2.75) is 38.8 Å². The Morgan fingerprint density at radius 2 is 2.05 bits per heavy atom. The van der Waals surface area contributed by atoms with Gasteiger partial charge in [0.2, 0.25) is 0 Å². The Hall–Kier alpha value is -1.80. The molecule has 1 aliphatic carbocycles. The van der Waals surface area contributed by atoms with Crippen molar-refractivity contribution in [3.63, 3.8) is 0 Å². The standard InChI is InChI=1S/C19H23NO/c1-2-21-17-10-5-7-15(13-17)14-20-19-12-6-9-16-8-3-4-11-18(16)19/h3-5,7-8,10-11,13,19-20H,2,6,9,12,14H2,1H3/t19-/m1/s1. The van der Waals surface area contributed by atoms with Gasteiger partial charge in [0.15, 0.2) is 0 Å². The summed E-state index contributed by atoms with van der Waals surface area (Å²) in [7, 11) is 0. The van der Waals surface area contributed by atoms with Crippen LogP contribution >= 0.6 is 0 Å². The molecular weight excluding hydrogens is 258 g/mol. The minimum Gasteiger partial charge on any atom is -0.494 e. The number of hydrogen-bond acceptors (Lipinski definition) is 2. The zero-order valence-electron chi connectivity index (χ0n) is 12.6. The monoisotopic (exact) mass is 281 g/mol. The van der Waals surface area contributed by atoms with Crippen LogP contribution in [0.5, 0.6) is 5.75 Å². The number of nitrogens with one attached hydrogen (secondary N) is 1. The van der Waals surface area contributed by atoms with Gasteiger partial charge in [0, 0.05) is 12.6 Å². The molecule has 3 rings (SSSR count). The molecule has 0 heterocycles. The molecule has 2 aromatic carbocycles. The molecule has 2 heteroatoms. The third-order valence-electron chi connectivity index (χ3n) is 4.13. The summed E-state index contributed by atoms with van der Waals surface area (Å²) in [6.45, 7) is 3.62. The van der Waals surface area contributed by atoms with Gasteiger partial charge < -0.3 is 10.1 Å². The van der Waals surface area contributed by atoms with Crippen LogP contribution in [0.15, 0.2) is 48.5 Å². The number of fused-ring (bicyclic) bond motifs is 1. The van der Waals surface area contributed by atoms with Crippen LogP contribution in [0.4, 0.5) is 0 Å². The quantitative estimate of drug-likeness (QED) is 0.884. The number of rotatable bonds is 5. The van der Waals surface area contributed by atoms with Crippen LogP contribution in [-0.4, -0.2) is 6.61 Å². The predicted octanol–water partition coefficient (Wildman–Crippen LogP) is 4.25. The normalized spacial score (nSPS) is 17.3. The highest BCUT2D eigenvalue weighted by molar-refractivity contribution is 5.33. The molecule has 2 nitrogen and oxygen atoms in total. The van der Waals surface area contributed by atoms with Crippen LogP contribution in [0.3, 0.4) is 0 Å². The van der Waals surface area contributed by atoms with Crippen LogP contribution in [-0.2, 0) is 13.0 Å². The molecule has 21 heavy (non-hydrogen) atoms. The van der Waals surface area contributed by atoms with E-state index in [4.69, 9.17) is 4.74 Å².